The van der Waals surface area contributed by atoms with Gasteiger partial charge in [-0.2, -0.15) is 0 Å². The van der Waals surface area contributed by atoms with E-state index in [9.17, 15) is 14.4 Å². The fraction of sp³-hybridized carbons (Fsp3) is 0.214. The SMILES string of the molecule is CCOC(=O)C(C(=O)CCCC(=O)OC)=P(c1ccccc1)(c1ccccc1)c1ccccc1. The molecule has 0 heterocycles. The topological polar surface area (TPSA) is 69.7 Å². The van der Waals surface area contributed by atoms with Crippen molar-refractivity contribution in [2.45, 2.75) is 26.2 Å². The molecule has 0 aliphatic carbocycles. The molecule has 0 aromatic heterocycles. The van der Waals surface area contributed by atoms with Gasteiger partial charge in [0.25, 0.3) is 0 Å². The number of hydrogen-bond donors (Lipinski definition) is 0. The monoisotopic (exact) mass is 476 g/mol. The van der Waals surface area contributed by atoms with Gasteiger partial charge in [0, 0.05) is 12.8 Å². The fourth-order valence-corrected chi connectivity index (χ4v) is 8.39. The first-order valence-corrected chi connectivity index (χ1v) is 13.0. The molecule has 3 aromatic rings. The van der Waals surface area contributed by atoms with Gasteiger partial charge in [-0.05, 0) is 36.1 Å². The van der Waals surface area contributed by atoms with E-state index in [0.29, 0.717) is 0 Å². The van der Waals surface area contributed by atoms with Gasteiger partial charge in [-0.1, -0.05) is 91.0 Å². The van der Waals surface area contributed by atoms with Crippen molar-refractivity contribution in [1.29, 1.82) is 0 Å². The summed E-state index contributed by atoms with van der Waals surface area (Å²) in [6, 6.07) is 29.0. The number of ether oxygens (including phenoxy) is 2. The number of methoxy groups -OCH3 is 1. The van der Waals surface area contributed by atoms with Crippen molar-refractivity contribution in [1.82, 2.24) is 0 Å². The second-order valence-electron chi connectivity index (χ2n) is 7.60. The van der Waals surface area contributed by atoms with E-state index >= 15 is 0 Å². The Kier molecular flexibility index (Phi) is 9.00. The standard InChI is InChI=1S/C28H29O5P/c1-3-33-28(31)27(25(29)20-13-21-26(30)32-2)34(22-14-7-4-8-15-22,23-16-9-5-10-17-23)24-18-11-6-12-19-24/h4-12,14-19H,3,13,20-21H2,1-2H3. The lowest BCUT2D eigenvalue weighted by Gasteiger charge is -2.31. The predicted octanol–water partition coefficient (Wildman–Crippen LogP) is 3.63. The van der Waals surface area contributed by atoms with Crippen LogP contribution in [0.25, 0.3) is 0 Å². The highest BCUT2D eigenvalue weighted by Gasteiger charge is 2.37. The second-order valence-corrected chi connectivity index (χ2v) is 10.9. The van der Waals surface area contributed by atoms with Crippen molar-refractivity contribution >= 4 is 45.8 Å². The van der Waals surface area contributed by atoms with Gasteiger partial charge < -0.3 is 9.47 Å². The first-order chi connectivity index (χ1) is 16.6. The number of benzene rings is 3. The summed E-state index contributed by atoms with van der Waals surface area (Å²) in [5.41, 5.74) is 0. The van der Waals surface area contributed by atoms with Gasteiger partial charge >= 0.3 is 11.9 Å². The van der Waals surface area contributed by atoms with Crippen LogP contribution in [0.3, 0.4) is 0 Å². The first-order valence-electron chi connectivity index (χ1n) is 11.3. The third kappa shape index (κ3) is 5.37. The molecule has 0 bridgehead atoms. The van der Waals surface area contributed by atoms with E-state index in [1.54, 1.807) is 6.92 Å². The second kappa shape index (κ2) is 12.2. The van der Waals surface area contributed by atoms with Crippen LogP contribution in [0.1, 0.15) is 26.2 Å². The normalized spacial score (nSPS) is 10.9. The highest BCUT2D eigenvalue weighted by Crippen LogP contribution is 2.46. The number of Topliss-reactive ketones (excluding diaryl/α,β-unsaturated/α-hetero) is 1. The summed E-state index contributed by atoms with van der Waals surface area (Å²) in [5.74, 6) is -1.32. The molecule has 34 heavy (non-hydrogen) atoms. The number of ketones is 1. The van der Waals surface area contributed by atoms with Crippen molar-refractivity contribution in [3.05, 3.63) is 91.0 Å². The molecule has 3 rings (SSSR count). The van der Waals surface area contributed by atoms with Gasteiger partial charge in [0.15, 0.2) is 5.78 Å². The molecule has 0 amide bonds. The van der Waals surface area contributed by atoms with Crippen LogP contribution < -0.4 is 15.9 Å². The average molecular weight is 477 g/mol. The van der Waals surface area contributed by atoms with Crippen LogP contribution in [0.5, 0.6) is 0 Å². The maximum absolute atomic E-state index is 13.8. The minimum absolute atomic E-state index is 0.0392. The molecule has 0 spiro atoms. The third-order valence-electron chi connectivity index (χ3n) is 5.51. The van der Waals surface area contributed by atoms with Crippen LogP contribution in [-0.4, -0.2) is 36.7 Å². The molecule has 176 valence electrons. The Labute approximate surface area is 200 Å². The van der Waals surface area contributed by atoms with Gasteiger partial charge in [-0.3, -0.25) is 9.59 Å². The van der Waals surface area contributed by atoms with Gasteiger partial charge in [0.2, 0.25) is 0 Å². The average Bonchev–Trinajstić information content (AvgIpc) is 2.88. The molecular weight excluding hydrogens is 447 g/mol. The lowest BCUT2D eigenvalue weighted by atomic mass is 10.1. The van der Waals surface area contributed by atoms with E-state index in [4.69, 9.17) is 9.47 Å². The van der Waals surface area contributed by atoms with Crippen molar-refractivity contribution in [3.8, 4) is 0 Å². The lowest BCUT2D eigenvalue weighted by Crippen LogP contribution is -2.38. The van der Waals surface area contributed by atoms with E-state index in [-0.39, 0.29) is 42.9 Å². The number of carbonyl (C=O) groups is 3. The molecule has 6 heteroatoms. The highest BCUT2D eigenvalue weighted by molar-refractivity contribution is 7.97. The largest absolute Gasteiger partial charge is 0.469 e. The summed E-state index contributed by atoms with van der Waals surface area (Å²) in [4.78, 5) is 39.0. The Balaban J connectivity index is 2.41. The molecule has 0 aliphatic heterocycles. The summed E-state index contributed by atoms with van der Waals surface area (Å²) in [6.07, 6.45) is 0.427. The Hall–Kier alpha value is -3.43. The van der Waals surface area contributed by atoms with Gasteiger partial charge in [-0.25, -0.2) is 4.79 Å². The molecule has 0 saturated carbocycles. The van der Waals surface area contributed by atoms with Crippen molar-refractivity contribution in [2.75, 3.05) is 13.7 Å². The highest BCUT2D eigenvalue weighted by atomic mass is 31.2. The van der Waals surface area contributed by atoms with Crippen LogP contribution in [-0.2, 0) is 23.9 Å². The maximum atomic E-state index is 13.8. The van der Waals surface area contributed by atoms with Crippen LogP contribution >= 0.6 is 6.89 Å². The number of esters is 2. The first kappa shape index (κ1) is 25.2. The van der Waals surface area contributed by atoms with E-state index in [0.717, 1.165) is 15.9 Å². The summed E-state index contributed by atoms with van der Waals surface area (Å²) in [7, 11) is 1.32. The minimum Gasteiger partial charge on any atom is -0.469 e. The van der Waals surface area contributed by atoms with E-state index < -0.39 is 12.9 Å². The number of carbonyl (C=O) groups excluding carboxylic acids is 3. The molecule has 0 saturated heterocycles. The third-order valence-corrected chi connectivity index (χ3v) is 9.83. The van der Waals surface area contributed by atoms with Crippen molar-refractivity contribution in [2.24, 2.45) is 0 Å². The van der Waals surface area contributed by atoms with Gasteiger partial charge in [-0.15, -0.1) is 0 Å². The Morgan fingerprint density at radius 2 is 1.15 bits per heavy atom. The van der Waals surface area contributed by atoms with Crippen LogP contribution in [0.2, 0.25) is 0 Å². The zero-order valence-corrected chi connectivity index (χ0v) is 20.4. The molecule has 0 fully saturated rings. The quantitative estimate of drug-likeness (QED) is 0.254. The molecule has 0 unspecified atom stereocenters. The molecule has 0 atom stereocenters. The molecule has 0 N–H and O–H groups in total. The predicted molar refractivity (Wildman–Crippen MR) is 138 cm³/mol. The Morgan fingerprint density at radius 1 is 0.706 bits per heavy atom. The van der Waals surface area contributed by atoms with Gasteiger partial charge in [0.1, 0.15) is 5.29 Å². The minimum atomic E-state index is -2.90. The fourth-order valence-electron chi connectivity index (χ4n) is 4.04. The van der Waals surface area contributed by atoms with Crippen LogP contribution in [0.15, 0.2) is 91.0 Å². The maximum Gasteiger partial charge on any atom is 0.342 e. The summed E-state index contributed by atoms with van der Waals surface area (Å²) in [5, 5.41) is 2.80. The van der Waals surface area contributed by atoms with Crippen LogP contribution in [0.4, 0.5) is 0 Å². The van der Waals surface area contributed by atoms with Crippen molar-refractivity contribution < 1.29 is 23.9 Å². The van der Waals surface area contributed by atoms with E-state index in [2.05, 4.69) is 0 Å². The molecule has 5 nitrogen and oxygen atoms in total. The van der Waals surface area contributed by atoms with E-state index in [1.807, 2.05) is 91.0 Å². The Morgan fingerprint density at radius 3 is 1.53 bits per heavy atom. The summed E-state index contributed by atoms with van der Waals surface area (Å²) in [6.45, 7) is -1.02. The molecule has 0 aliphatic rings. The molecule has 0 radical (unpaired) electrons. The zero-order valence-electron chi connectivity index (χ0n) is 19.5. The molecule has 3 aromatic carbocycles. The zero-order chi connectivity index (χ0) is 24.4. The summed E-state index contributed by atoms with van der Waals surface area (Å²) < 4.78 is 10.2. The van der Waals surface area contributed by atoms with Crippen LogP contribution in [0, 0.1) is 0 Å². The van der Waals surface area contributed by atoms with Crippen molar-refractivity contribution in [3.63, 3.8) is 0 Å². The van der Waals surface area contributed by atoms with Gasteiger partial charge in [0.05, 0.1) is 13.7 Å². The Bertz CT molecular complexity index is 1070. The number of hydrogen-bond acceptors (Lipinski definition) is 5. The smallest absolute Gasteiger partial charge is 0.342 e. The molecular formula is C28H29O5P. The lowest BCUT2D eigenvalue weighted by molar-refractivity contribution is -0.140. The number of rotatable bonds is 10. The van der Waals surface area contributed by atoms with E-state index in [1.165, 1.54) is 7.11 Å². The summed E-state index contributed by atoms with van der Waals surface area (Å²) >= 11 is 0.